The molecule has 0 aliphatic carbocycles. The van der Waals surface area contributed by atoms with Gasteiger partial charge in [0.1, 0.15) is 62.3 Å². The van der Waals surface area contributed by atoms with Gasteiger partial charge in [-0.15, -0.1) is 0 Å². The van der Waals surface area contributed by atoms with E-state index in [9.17, 15) is 37.1 Å². The number of halogens is 3. The number of anilines is 10. The van der Waals surface area contributed by atoms with Crippen LogP contribution in [-0.2, 0) is 0 Å². The molecule has 2 atom stereocenters. The molecule has 730 valence electrons. The number of pyridine rings is 10. The minimum Gasteiger partial charge on any atom is -0.340 e. The number of piperidine rings is 2. The number of alkyl halides is 3. The number of amides is 5. The quantitative estimate of drug-likeness (QED) is 0.0456. The third kappa shape index (κ3) is 20.4. The predicted octanol–water partition coefficient (Wildman–Crippen LogP) is 18.4. The predicted molar refractivity (Wildman–Crippen MR) is 552 cm³/mol. The second-order valence-corrected chi connectivity index (χ2v) is 37.2. The highest BCUT2D eigenvalue weighted by Gasteiger charge is 2.39. The van der Waals surface area contributed by atoms with Crippen LogP contribution in [0, 0.1) is 11.8 Å². The molecule has 0 radical (unpaired) electrons. The molecule has 5 aliphatic rings. The lowest BCUT2D eigenvalue weighted by molar-refractivity contribution is -0.0561. The van der Waals surface area contributed by atoms with Gasteiger partial charge in [-0.1, -0.05) is 13.8 Å². The fourth-order valence-electron chi connectivity index (χ4n) is 18.9. The third-order valence-electron chi connectivity index (χ3n) is 26.8. The Morgan fingerprint density at radius 3 is 0.993 bits per heavy atom. The average Bonchev–Trinajstić information content (AvgIpc) is 1.78. The maximum Gasteiger partial charge on any atom is 0.273 e. The van der Waals surface area contributed by atoms with Gasteiger partial charge in [0.2, 0.25) is 0 Å². The molecule has 10 N–H and O–H groups in total. The first-order chi connectivity index (χ1) is 70.6. The van der Waals surface area contributed by atoms with Crippen molar-refractivity contribution in [2.45, 2.75) is 70.9 Å². The largest absolute Gasteiger partial charge is 0.340 e. The van der Waals surface area contributed by atoms with E-state index in [0.717, 1.165) is 192 Å². The minimum absolute atomic E-state index is 0.00750. The van der Waals surface area contributed by atoms with Gasteiger partial charge in [-0.2, -0.15) is 25.5 Å². The number of carbonyl (C=O) groups is 5. The van der Waals surface area contributed by atoms with Crippen LogP contribution in [0.1, 0.15) is 112 Å². The maximum atomic E-state index is 14.1. The first-order valence-electron chi connectivity index (χ1n) is 48.0. The Bertz CT molecular complexity index is 8090. The molecule has 15 aromatic heterocycles. The molecule has 25 rings (SSSR count). The van der Waals surface area contributed by atoms with Crippen molar-refractivity contribution in [2.24, 2.45) is 11.8 Å². The number of piperazine rings is 1. The molecule has 20 heterocycles. The number of nitrogens with zero attached hydrogens (tertiary/aromatic N) is 21. The summed E-state index contributed by atoms with van der Waals surface area (Å²) in [6.45, 7) is 12.9. The molecule has 5 saturated heterocycles. The lowest BCUT2D eigenvalue weighted by atomic mass is 9.95. The minimum atomic E-state index is -2.85. The Hall–Kier alpha value is -17.7. The van der Waals surface area contributed by atoms with Crippen molar-refractivity contribution in [2.75, 3.05) is 112 Å². The van der Waals surface area contributed by atoms with Gasteiger partial charge in [0, 0.05) is 196 Å². The zero-order valence-electron chi connectivity index (χ0n) is 79.5. The highest BCUT2D eigenvalue weighted by molar-refractivity contribution is 6.11. The van der Waals surface area contributed by atoms with Crippen LogP contribution in [0.5, 0.6) is 0 Å². The molecule has 20 aromatic rings. The molecule has 5 aliphatic heterocycles. The van der Waals surface area contributed by atoms with Gasteiger partial charge in [0.25, 0.3) is 35.5 Å². The first kappa shape index (κ1) is 93.6. The summed E-state index contributed by atoms with van der Waals surface area (Å²) >= 11 is 0. The maximum absolute atomic E-state index is 14.1. The number of fused-ring (bicyclic) bond motifs is 10. The van der Waals surface area contributed by atoms with Gasteiger partial charge in [0.15, 0.2) is 28.7 Å². The summed E-state index contributed by atoms with van der Waals surface area (Å²) in [6, 6.07) is 57.2. The molecule has 0 bridgehead atoms. The van der Waals surface area contributed by atoms with Gasteiger partial charge in [-0.25, -0.2) is 23.1 Å². The molecule has 5 amide bonds. The van der Waals surface area contributed by atoms with Crippen LogP contribution in [0.15, 0.2) is 244 Å². The van der Waals surface area contributed by atoms with E-state index < -0.39 is 24.0 Å². The van der Waals surface area contributed by atoms with Crippen molar-refractivity contribution in [3.8, 4) is 0 Å². The van der Waals surface area contributed by atoms with E-state index in [4.69, 9.17) is 0 Å². The third-order valence-corrected chi connectivity index (χ3v) is 26.8. The van der Waals surface area contributed by atoms with Crippen molar-refractivity contribution in [1.29, 1.82) is 0 Å². The van der Waals surface area contributed by atoms with Crippen LogP contribution in [0.3, 0.4) is 0 Å². The van der Waals surface area contributed by atoms with Crippen LogP contribution < -0.4 is 26.6 Å². The molecule has 0 saturated carbocycles. The molecule has 145 heavy (non-hydrogen) atoms. The smallest absolute Gasteiger partial charge is 0.273 e. The summed E-state index contributed by atoms with van der Waals surface area (Å²) in [5.41, 5.74) is 11.4. The molecule has 5 aromatic carbocycles. The van der Waals surface area contributed by atoms with E-state index in [-0.39, 0.29) is 42.2 Å². The molecule has 36 nitrogen and oxygen atoms in total. The highest BCUT2D eigenvalue weighted by Crippen LogP contribution is 2.38. The number of nitrogens with one attached hydrogen (secondary N) is 10. The Morgan fingerprint density at radius 1 is 0.324 bits per heavy atom. The van der Waals surface area contributed by atoms with E-state index in [0.29, 0.717) is 107 Å². The molecule has 5 fully saturated rings. The first-order valence-corrected chi connectivity index (χ1v) is 48.0. The zero-order chi connectivity index (χ0) is 99.4. The number of carbonyl (C=O) groups excluding carboxylic acids is 5. The summed E-state index contributed by atoms with van der Waals surface area (Å²) in [4.78, 5) is 119. The summed E-state index contributed by atoms with van der Waals surface area (Å²) in [5, 5.41) is 62.9. The average molecular weight is 1950 g/mol. The Labute approximate surface area is 826 Å². The lowest BCUT2D eigenvalue weighted by Crippen LogP contribution is -2.47. The number of aromatic amines is 5. The van der Waals surface area contributed by atoms with E-state index in [2.05, 4.69) is 153 Å². The second kappa shape index (κ2) is 40.5. The fourth-order valence-corrected chi connectivity index (χ4v) is 18.9. The van der Waals surface area contributed by atoms with Crippen LogP contribution in [-0.4, -0.2) is 257 Å². The van der Waals surface area contributed by atoms with E-state index in [1.54, 1.807) is 79.7 Å². The summed E-state index contributed by atoms with van der Waals surface area (Å²) in [6.07, 6.45) is 19.8. The monoisotopic (exact) mass is 1940 g/mol. The Kier molecular flexibility index (Phi) is 26.2. The van der Waals surface area contributed by atoms with Crippen LogP contribution in [0.4, 0.5) is 70.7 Å². The van der Waals surface area contributed by atoms with Gasteiger partial charge in [-0.05, 0) is 267 Å². The van der Waals surface area contributed by atoms with Crippen LogP contribution >= 0.6 is 0 Å². The fraction of sp³-hybridized carbons (Fsp3) is 0.245. The Balaban J connectivity index is 0.000000107. The molecular weight excluding hydrogens is 1840 g/mol. The number of likely N-dealkylation sites (N-methyl/N-ethyl adjacent to an activating group) is 1. The van der Waals surface area contributed by atoms with Crippen molar-refractivity contribution >= 4 is 196 Å². The molecule has 0 spiro atoms. The number of rotatable bonds is 15. The highest BCUT2D eigenvalue weighted by atomic mass is 19.3. The van der Waals surface area contributed by atoms with Crippen LogP contribution in [0.2, 0.25) is 0 Å². The van der Waals surface area contributed by atoms with E-state index >= 15 is 0 Å². The zero-order valence-corrected chi connectivity index (χ0v) is 79.5. The van der Waals surface area contributed by atoms with Crippen molar-refractivity contribution < 1.29 is 37.1 Å². The summed E-state index contributed by atoms with van der Waals surface area (Å²) in [5.74, 6) is 1.12. The summed E-state index contributed by atoms with van der Waals surface area (Å²) in [7, 11) is 2.07. The number of benzene rings is 5. The van der Waals surface area contributed by atoms with Gasteiger partial charge in [0.05, 0.1) is 33.9 Å². The van der Waals surface area contributed by atoms with E-state index in [1.807, 2.05) is 185 Å². The second-order valence-electron chi connectivity index (χ2n) is 37.2. The molecule has 39 heteroatoms. The van der Waals surface area contributed by atoms with Crippen LogP contribution in [0.25, 0.3) is 109 Å². The number of H-pyrrole nitrogens is 5. The number of hydrogen-bond acceptors (Lipinski definition) is 26. The SMILES string of the molecule is CC1(F)CCN(C(=O)c2nccc3cc(Nc4n[nH]c5cccnc45)ccc23)CC1.CN1CCN(C(=O)c2nccc3cc(Nc4n[nH]c5cccnc45)ccc23)CC1.C[C@H]1CCN(C(=O)c2nccc3cc(Nc4[nH]nc5ncccc45)ccc23)C1.C[C@H]1CCN(C(=O)c2nccc3cc(Nc4n[nH]c5cccnc45)ccc23)C1.O=C(c1nccc2cc(Nc3[nH]nc4ncccc34)ccc12)N1CCCC(F)(F)C1. The van der Waals surface area contributed by atoms with Crippen molar-refractivity contribution in [1.82, 2.24) is 130 Å². The van der Waals surface area contributed by atoms with E-state index in [1.165, 1.54) is 11.1 Å². The summed E-state index contributed by atoms with van der Waals surface area (Å²) < 4.78 is 41.6. The van der Waals surface area contributed by atoms with Gasteiger partial charge < -0.3 is 56.0 Å². The normalized spacial score (nSPS) is 16.2. The molecular formula is C106H100F3N31O5. The van der Waals surface area contributed by atoms with Gasteiger partial charge in [-0.3, -0.25) is 89.3 Å². The number of aromatic nitrogens is 20. The number of likely N-dealkylation sites (tertiary alicyclic amines) is 4. The van der Waals surface area contributed by atoms with Crippen molar-refractivity contribution in [3.05, 3.63) is 272 Å². The lowest BCUT2D eigenvalue weighted by Gasteiger charge is -2.34. The standard InChI is InChI=1S/C22H21FN6O.C21H18F2N6O.C21H21N7O.2C21H20N6O/c1-22(23)7-11-29(12-8-22)21(30)18-16-5-4-15(13-14(16)6-10-25-18)26-20-19-17(27-28-20)3-2-9-24-19;22-21(23)7-2-10-29(12-21)20(30)17-15-5-4-14(11-13(15)6-9-24-17)26-19-16-3-1-8-25-18(16)27-28-19;1-27-9-11-28(12-10-27)21(29)18-16-5-4-15(13-14(16)6-8-23-18)24-20-19-17(25-26-20)3-2-7-22-19;1-13-7-10-27(12-13)21(28)18-16-5-4-15(11-14(16)6-9-23-18)24-20-19-17(25-26-20)3-2-8-22-19;1-13-7-10-27(12-13)21(28)18-16-5-4-15(11-14(16)6-9-22-18)24-20-17-3-2-8-23-19(17)25-26-20/h2-6,9-10,13H,7-8,11-12H2,1H3,(H2,26,27,28);1,3-6,8-9,11H,2,7,10,12H2,(H2,25,26,27,28);2-8,13H,9-12H2,1H3,(H2,24,25,26);2-6,8-9,11,13H,7,10,12H2,1H3,(H2,24,25,26);2-6,8-9,11,13H,7,10,12H2,1H3,(H2,23,24,25,26)/t;;;2*13-/m...00/s1. The van der Waals surface area contributed by atoms with Crippen molar-refractivity contribution in [3.63, 3.8) is 0 Å². The number of hydrogen-bond donors (Lipinski definition) is 10. The Morgan fingerprint density at radius 2 is 0.648 bits per heavy atom. The topological polar surface area (TPSA) is 437 Å². The van der Waals surface area contributed by atoms with Gasteiger partial charge >= 0.3 is 0 Å². The molecule has 0 unspecified atom stereocenters.